The van der Waals surface area contributed by atoms with Gasteiger partial charge in [0.25, 0.3) is 17.9 Å². The number of carbonyl (C=O) groups is 1. The third kappa shape index (κ3) is 6.72. The molecule has 1 amide bonds. The van der Waals surface area contributed by atoms with Gasteiger partial charge in [0.05, 0.1) is 34.1 Å². The molecule has 232 valence electrons. The van der Waals surface area contributed by atoms with Crippen LogP contribution in [0.25, 0.3) is 27.5 Å². The van der Waals surface area contributed by atoms with E-state index in [1.165, 1.54) is 28.0 Å². The first-order valence-electron chi connectivity index (χ1n) is 14.7. The number of pyridine rings is 1. The number of nitrogens with one attached hydrogen (secondary N) is 1. The van der Waals surface area contributed by atoms with Crippen LogP contribution in [-0.2, 0) is 6.42 Å². The van der Waals surface area contributed by atoms with E-state index in [1.807, 2.05) is 32.6 Å². The number of hydrogen-bond donors (Lipinski definition) is 1. The van der Waals surface area contributed by atoms with Gasteiger partial charge in [0, 0.05) is 53.9 Å². The van der Waals surface area contributed by atoms with E-state index in [2.05, 4.69) is 5.32 Å². The van der Waals surface area contributed by atoms with Crippen molar-refractivity contribution in [2.24, 2.45) is 5.92 Å². The molecule has 1 atom stereocenters. The van der Waals surface area contributed by atoms with Crippen LogP contribution in [0.3, 0.4) is 0 Å². The Balaban J connectivity index is 1.73. The van der Waals surface area contributed by atoms with Crippen molar-refractivity contribution in [2.75, 3.05) is 26.2 Å². The molecule has 1 aliphatic rings. The van der Waals surface area contributed by atoms with Gasteiger partial charge >= 0.3 is 0 Å². The number of halogens is 3. The highest BCUT2D eigenvalue weighted by molar-refractivity contribution is 7.13. The van der Waals surface area contributed by atoms with Crippen LogP contribution in [-0.4, -0.2) is 52.6 Å². The third-order valence-electron chi connectivity index (χ3n) is 7.45. The zero-order valence-corrected chi connectivity index (χ0v) is 26.6. The topological polar surface area (TPSA) is 76.5 Å². The van der Waals surface area contributed by atoms with E-state index in [4.69, 9.17) is 21.3 Å². The van der Waals surface area contributed by atoms with E-state index in [0.717, 1.165) is 0 Å². The first-order valence-corrected chi connectivity index (χ1v) is 15.9. The number of piperazine rings is 1. The Bertz CT molecular complexity index is 1700. The molecule has 11 heteroatoms. The molecule has 1 N–H and O–H groups in total. The van der Waals surface area contributed by atoms with Crippen molar-refractivity contribution in [1.82, 2.24) is 19.8 Å². The molecule has 44 heavy (non-hydrogen) atoms. The second-order valence-corrected chi connectivity index (χ2v) is 12.5. The van der Waals surface area contributed by atoms with Crippen molar-refractivity contribution < 1.29 is 18.3 Å². The van der Waals surface area contributed by atoms with Crippen LogP contribution in [0.4, 0.5) is 8.78 Å². The standard InChI is InChI=1S/C33H35ClF2N4O3S/c1-5-43-23-10-11-26(34)29(15-23)40-28(14-19(2)3)24(32(41)39-13-12-37-20(4)17-39)16-25(33(40)42)31-38-27(18-44-31)21-6-8-22(9-7-21)30(35)36/h6-11,15-16,18-20,30,37H,5,12-14,17H2,1-4H3/t20-/m0/s1. The molecular formula is C33H35ClF2N4O3S. The lowest BCUT2D eigenvalue weighted by molar-refractivity contribution is 0.0707. The Hall–Kier alpha value is -3.60. The monoisotopic (exact) mass is 640 g/mol. The number of ether oxygens (including phenoxy) is 1. The van der Waals surface area contributed by atoms with Gasteiger partial charge in [-0.25, -0.2) is 13.8 Å². The van der Waals surface area contributed by atoms with E-state index < -0.39 is 6.43 Å². The van der Waals surface area contributed by atoms with Gasteiger partial charge in [-0.1, -0.05) is 49.7 Å². The Morgan fingerprint density at radius 3 is 2.59 bits per heavy atom. The van der Waals surface area contributed by atoms with Crippen molar-refractivity contribution in [1.29, 1.82) is 0 Å². The second-order valence-electron chi connectivity index (χ2n) is 11.3. The van der Waals surface area contributed by atoms with E-state index in [0.29, 0.717) is 76.6 Å². The molecule has 0 aliphatic carbocycles. The second kappa shape index (κ2) is 13.6. The molecular weight excluding hydrogens is 606 g/mol. The summed E-state index contributed by atoms with van der Waals surface area (Å²) in [4.78, 5) is 35.3. The summed E-state index contributed by atoms with van der Waals surface area (Å²) in [5, 5.41) is 5.90. The molecule has 0 saturated carbocycles. The lowest BCUT2D eigenvalue weighted by Gasteiger charge is -2.33. The molecule has 0 spiro atoms. The van der Waals surface area contributed by atoms with Crippen LogP contribution in [0.1, 0.15) is 55.7 Å². The van der Waals surface area contributed by atoms with E-state index >= 15 is 0 Å². The SMILES string of the molecule is CCOc1ccc(Cl)c(-n2c(CC(C)C)c(C(=O)N3CCN[C@@H](C)C3)cc(-c3nc(-c4ccc(C(F)F)cc4)cs3)c2=O)c1. The lowest BCUT2D eigenvalue weighted by atomic mass is 9.99. The average Bonchev–Trinajstić information content (AvgIpc) is 3.48. The zero-order valence-electron chi connectivity index (χ0n) is 25.1. The maximum absolute atomic E-state index is 14.5. The van der Waals surface area contributed by atoms with Crippen molar-refractivity contribution in [3.05, 3.63) is 86.1 Å². The molecule has 0 unspecified atom stereocenters. The van der Waals surface area contributed by atoms with Gasteiger partial charge in [-0.3, -0.25) is 14.2 Å². The largest absolute Gasteiger partial charge is 0.494 e. The molecule has 2 aromatic carbocycles. The molecule has 7 nitrogen and oxygen atoms in total. The predicted octanol–water partition coefficient (Wildman–Crippen LogP) is 7.25. The van der Waals surface area contributed by atoms with Crippen LogP contribution in [0.2, 0.25) is 5.02 Å². The summed E-state index contributed by atoms with van der Waals surface area (Å²) in [6, 6.07) is 12.8. The number of carbonyl (C=O) groups excluding carboxylic acids is 1. The molecule has 1 saturated heterocycles. The van der Waals surface area contributed by atoms with Crippen molar-refractivity contribution in [3.8, 4) is 33.3 Å². The van der Waals surface area contributed by atoms with Crippen LogP contribution >= 0.6 is 22.9 Å². The number of hydrogen-bond acceptors (Lipinski definition) is 6. The number of aromatic nitrogens is 2. The summed E-state index contributed by atoms with van der Waals surface area (Å²) in [6.07, 6.45) is -2.12. The van der Waals surface area contributed by atoms with Crippen molar-refractivity contribution in [3.63, 3.8) is 0 Å². The average molecular weight is 641 g/mol. The maximum Gasteiger partial charge on any atom is 0.265 e. The first-order chi connectivity index (χ1) is 21.1. The Morgan fingerprint density at radius 1 is 1.18 bits per heavy atom. The van der Waals surface area contributed by atoms with Gasteiger partial charge in [-0.05, 0) is 44.4 Å². The van der Waals surface area contributed by atoms with Gasteiger partial charge in [-0.2, -0.15) is 0 Å². The Labute approximate surface area is 264 Å². The van der Waals surface area contributed by atoms with Crippen molar-refractivity contribution in [2.45, 2.75) is 46.6 Å². The molecule has 1 aliphatic heterocycles. The fraction of sp³-hybridized carbons (Fsp3) is 0.364. The summed E-state index contributed by atoms with van der Waals surface area (Å²) >= 11 is 8.00. The summed E-state index contributed by atoms with van der Waals surface area (Å²) < 4.78 is 33.5. The summed E-state index contributed by atoms with van der Waals surface area (Å²) in [5.74, 6) is 0.504. The van der Waals surface area contributed by atoms with E-state index in [1.54, 1.807) is 41.8 Å². The first kappa shape index (κ1) is 31.8. The highest BCUT2D eigenvalue weighted by atomic mass is 35.5. The Morgan fingerprint density at radius 2 is 1.93 bits per heavy atom. The molecule has 5 rings (SSSR count). The molecule has 2 aromatic heterocycles. The van der Waals surface area contributed by atoms with Gasteiger partial charge in [0.15, 0.2) is 0 Å². The summed E-state index contributed by atoms with van der Waals surface area (Å²) in [6.45, 7) is 10.1. The third-order valence-corrected chi connectivity index (χ3v) is 8.65. The molecule has 3 heterocycles. The van der Waals surface area contributed by atoms with Gasteiger partial charge in [-0.15, -0.1) is 11.3 Å². The minimum Gasteiger partial charge on any atom is -0.494 e. The number of rotatable bonds is 9. The number of nitrogens with zero attached hydrogens (tertiary/aromatic N) is 3. The minimum absolute atomic E-state index is 0.0793. The zero-order chi connectivity index (χ0) is 31.5. The Kier molecular flexibility index (Phi) is 9.82. The predicted molar refractivity (Wildman–Crippen MR) is 172 cm³/mol. The lowest BCUT2D eigenvalue weighted by Crippen LogP contribution is -2.51. The van der Waals surface area contributed by atoms with Gasteiger partial charge in [0.2, 0.25) is 0 Å². The van der Waals surface area contributed by atoms with E-state index in [-0.39, 0.29) is 34.6 Å². The highest BCUT2D eigenvalue weighted by Crippen LogP contribution is 2.33. The van der Waals surface area contributed by atoms with E-state index in [9.17, 15) is 18.4 Å². The summed E-state index contributed by atoms with van der Waals surface area (Å²) in [7, 11) is 0. The van der Waals surface area contributed by atoms with Crippen LogP contribution in [0, 0.1) is 5.92 Å². The van der Waals surface area contributed by atoms with Crippen LogP contribution in [0.5, 0.6) is 5.75 Å². The van der Waals surface area contributed by atoms with Crippen LogP contribution < -0.4 is 15.6 Å². The fourth-order valence-electron chi connectivity index (χ4n) is 5.37. The molecule has 1 fully saturated rings. The number of benzene rings is 2. The van der Waals surface area contributed by atoms with Crippen molar-refractivity contribution >= 4 is 28.8 Å². The number of amides is 1. The maximum atomic E-state index is 14.5. The van der Waals surface area contributed by atoms with Gasteiger partial charge < -0.3 is 15.0 Å². The molecule has 4 aromatic rings. The molecule has 0 bridgehead atoms. The smallest absolute Gasteiger partial charge is 0.265 e. The minimum atomic E-state index is -2.57. The summed E-state index contributed by atoms with van der Waals surface area (Å²) in [5.41, 5.74) is 2.40. The highest BCUT2D eigenvalue weighted by Gasteiger charge is 2.29. The normalized spacial score (nSPS) is 15.3. The number of alkyl halides is 2. The van der Waals surface area contributed by atoms with Gasteiger partial charge in [0.1, 0.15) is 10.8 Å². The number of thiazole rings is 1. The molecule has 0 radical (unpaired) electrons. The van der Waals surface area contributed by atoms with Crippen LogP contribution in [0.15, 0.2) is 58.7 Å². The fourth-order valence-corrected chi connectivity index (χ4v) is 6.41. The quantitative estimate of drug-likeness (QED) is 0.209.